The molecule has 1 N–H and O–H groups in total. The molecule has 44 heavy (non-hydrogen) atoms. The number of carbonyl (C=O) groups is 2. The number of benzene rings is 3. The van der Waals surface area contributed by atoms with Crippen molar-refractivity contribution in [1.82, 2.24) is 4.98 Å². The highest BCUT2D eigenvalue weighted by Crippen LogP contribution is 2.46. The van der Waals surface area contributed by atoms with E-state index in [4.69, 9.17) is 23.9 Å². The number of ether oxygens (including phenoxy) is 4. The van der Waals surface area contributed by atoms with Crippen molar-refractivity contribution in [2.24, 2.45) is 0 Å². The first-order valence-corrected chi connectivity index (χ1v) is 15.6. The Morgan fingerprint density at radius 3 is 2.34 bits per heavy atom. The molecule has 1 aliphatic rings. The van der Waals surface area contributed by atoms with Gasteiger partial charge in [0.15, 0.2) is 16.6 Å². The smallest absolute Gasteiger partial charge is 0.301 e. The van der Waals surface area contributed by atoms with Crippen molar-refractivity contribution in [3.05, 3.63) is 77.4 Å². The zero-order valence-electron chi connectivity index (χ0n) is 25.3. The SMILES string of the molecule is CCCCCOc1ccc(C2C(=C(O)c3ccc(OC)cc3)C(=O)C(=O)N2c2nc3ccc(OCC)cc3s2)cc1OCC. The van der Waals surface area contributed by atoms with Crippen molar-refractivity contribution in [2.45, 2.75) is 46.1 Å². The number of amides is 1. The predicted molar refractivity (Wildman–Crippen MR) is 171 cm³/mol. The summed E-state index contributed by atoms with van der Waals surface area (Å²) in [6.45, 7) is 7.35. The quantitative estimate of drug-likeness (QED) is 0.0722. The van der Waals surface area contributed by atoms with Crippen LogP contribution in [0.5, 0.6) is 23.0 Å². The molecule has 0 radical (unpaired) electrons. The van der Waals surface area contributed by atoms with Gasteiger partial charge in [-0.05, 0) is 80.4 Å². The number of aliphatic hydroxyl groups is 1. The highest BCUT2D eigenvalue weighted by molar-refractivity contribution is 7.22. The molecule has 3 aromatic carbocycles. The van der Waals surface area contributed by atoms with Crippen LogP contribution in [0.25, 0.3) is 16.0 Å². The van der Waals surface area contributed by atoms with Gasteiger partial charge < -0.3 is 24.1 Å². The third-order valence-corrected chi connectivity index (χ3v) is 8.28. The molecule has 0 aliphatic carbocycles. The number of hydrogen-bond donors (Lipinski definition) is 1. The number of carbonyl (C=O) groups excluding carboxylic acids is 2. The molecular weight excluding hydrogens is 580 g/mol. The number of rotatable bonds is 13. The number of aromatic nitrogens is 1. The van der Waals surface area contributed by atoms with E-state index in [9.17, 15) is 14.7 Å². The van der Waals surface area contributed by atoms with Crippen LogP contribution in [0.2, 0.25) is 0 Å². The Morgan fingerprint density at radius 2 is 1.64 bits per heavy atom. The van der Waals surface area contributed by atoms with Crippen molar-refractivity contribution in [2.75, 3.05) is 31.8 Å². The van der Waals surface area contributed by atoms with Crippen molar-refractivity contribution in [3.8, 4) is 23.0 Å². The minimum atomic E-state index is -0.975. The summed E-state index contributed by atoms with van der Waals surface area (Å²) in [6.07, 6.45) is 3.04. The first-order chi connectivity index (χ1) is 21.4. The fraction of sp³-hybridized carbons (Fsp3) is 0.324. The number of unbranched alkanes of at least 4 members (excludes halogenated alkanes) is 2. The van der Waals surface area contributed by atoms with E-state index in [1.807, 2.05) is 32.0 Å². The molecule has 9 nitrogen and oxygen atoms in total. The van der Waals surface area contributed by atoms with Gasteiger partial charge in [-0.3, -0.25) is 14.5 Å². The average molecular weight is 617 g/mol. The molecule has 0 spiro atoms. The van der Waals surface area contributed by atoms with Gasteiger partial charge in [0.05, 0.1) is 48.8 Å². The standard InChI is InChI=1S/C34H36N2O7S/c1-5-8-9-18-43-26-17-12-22(19-27(26)42-7-3)30-29(31(37)21-10-13-23(40-4)14-11-21)32(38)33(39)36(30)34-35-25-16-15-24(41-6-2)20-28(25)44-34/h10-17,19-20,30,37H,5-9,18H2,1-4H3. The lowest BCUT2D eigenvalue weighted by atomic mass is 9.95. The number of aliphatic hydroxyl groups excluding tert-OH is 1. The number of thiazole rings is 1. The number of fused-ring (bicyclic) bond motifs is 1. The van der Waals surface area contributed by atoms with Gasteiger partial charge in [0.1, 0.15) is 17.3 Å². The second-order valence-electron chi connectivity index (χ2n) is 10.2. The molecule has 0 bridgehead atoms. The van der Waals surface area contributed by atoms with E-state index in [2.05, 4.69) is 6.92 Å². The number of anilines is 1. The predicted octanol–water partition coefficient (Wildman–Crippen LogP) is 7.30. The Labute approximate surface area is 260 Å². The Bertz CT molecular complexity index is 1680. The van der Waals surface area contributed by atoms with Crippen LogP contribution in [-0.2, 0) is 9.59 Å². The van der Waals surface area contributed by atoms with Crippen LogP contribution in [0.4, 0.5) is 5.13 Å². The second-order valence-corrected chi connectivity index (χ2v) is 11.2. The molecule has 230 valence electrons. The van der Waals surface area contributed by atoms with E-state index in [1.165, 1.54) is 16.2 Å². The van der Waals surface area contributed by atoms with Crippen LogP contribution in [-0.4, -0.2) is 48.7 Å². The van der Waals surface area contributed by atoms with E-state index in [0.29, 0.717) is 64.6 Å². The van der Waals surface area contributed by atoms with Crippen molar-refractivity contribution >= 4 is 44.1 Å². The third-order valence-electron chi connectivity index (χ3n) is 7.26. The summed E-state index contributed by atoms with van der Waals surface area (Å²) in [5, 5.41) is 11.9. The highest BCUT2D eigenvalue weighted by atomic mass is 32.1. The molecule has 1 amide bonds. The lowest BCUT2D eigenvalue weighted by molar-refractivity contribution is -0.132. The Balaban J connectivity index is 1.65. The van der Waals surface area contributed by atoms with Gasteiger partial charge in [0, 0.05) is 5.56 Å². The lowest BCUT2D eigenvalue weighted by Gasteiger charge is -2.24. The fourth-order valence-electron chi connectivity index (χ4n) is 5.12. The number of ketones is 1. The first kappa shape index (κ1) is 30.9. The molecule has 1 fully saturated rings. The summed E-state index contributed by atoms with van der Waals surface area (Å²) in [5.74, 6) is 0.447. The topological polar surface area (TPSA) is 107 Å². The average Bonchev–Trinajstić information content (AvgIpc) is 3.57. The number of Topliss-reactive ketones (excluding diaryl/α,β-unsaturated/α-hetero) is 1. The van der Waals surface area contributed by atoms with Crippen LogP contribution in [0.1, 0.15) is 57.2 Å². The molecule has 1 unspecified atom stereocenters. The molecule has 10 heteroatoms. The summed E-state index contributed by atoms with van der Waals surface area (Å²) in [4.78, 5) is 33.5. The zero-order valence-corrected chi connectivity index (χ0v) is 26.1. The van der Waals surface area contributed by atoms with Gasteiger partial charge in [-0.15, -0.1) is 0 Å². The largest absolute Gasteiger partial charge is 0.507 e. The Morgan fingerprint density at radius 1 is 0.886 bits per heavy atom. The van der Waals surface area contributed by atoms with Crippen molar-refractivity contribution < 1.29 is 33.6 Å². The minimum Gasteiger partial charge on any atom is -0.507 e. The van der Waals surface area contributed by atoms with Gasteiger partial charge in [-0.2, -0.15) is 0 Å². The monoisotopic (exact) mass is 616 g/mol. The Kier molecular flexibility index (Phi) is 9.69. The van der Waals surface area contributed by atoms with E-state index < -0.39 is 17.7 Å². The van der Waals surface area contributed by atoms with E-state index in [1.54, 1.807) is 49.6 Å². The summed E-state index contributed by atoms with van der Waals surface area (Å²) in [5.41, 5.74) is 1.56. The molecule has 1 atom stereocenters. The summed E-state index contributed by atoms with van der Waals surface area (Å²) in [7, 11) is 1.54. The molecule has 1 aromatic heterocycles. The van der Waals surface area contributed by atoms with Crippen LogP contribution in [0.15, 0.2) is 66.2 Å². The van der Waals surface area contributed by atoms with Crippen molar-refractivity contribution in [1.29, 1.82) is 0 Å². The third kappa shape index (κ3) is 6.21. The molecule has 5 rings (SSSR count). The lowest BCUT2D eigenvalue weighted by Crippen LogP contribution is -2.29. The van der Waals surface area contributed by atoms with Gasteiger partial charge in [-0.25, -0.2) is 4.98 Å². The van der Waals surface area contributed by atoms with Gasteiger partial charge in [-0.1, -0.05) is 37.2 Å². The summed E-state index contributed by atoms with van der Waals surface area (Å²) < 4.78 is 23.7. The second kappa shape index (κ2) is 13.8. The zero-order chi connectivity index (χ0) is 31.2. The number of hydrogen-bond acceptors (Lipinski definition) is 9. The van der Waals surface area contributed by atoms with Gasteiger partial charge >= 0.3 is 5.91 Å². The normalized spacial score (nSPS) is 16.0. The molecular formula is C34H36N2O7S. The van der Waals surface area contributed by atoms with E-state index in [-0.39, 0.29) is 11.3 Å². The highest BCUT2D eigenvalue weighted by Gasteiger charge is 2.48. The fourth-order valence-corrected chi connectivity index (χ4v) is 6.14. The minimum absolute atomic E-state index is 0.0477. The molecule has 0 saturated carbocycles. The van der Waals surface area contributed by atoms with E-state index >= 15 is 0 Å². The molecule has 1 aliphatic heterocycles. The number of nitrogens with zero attached hydrogens (tertiary/aromatic N) is 2. The Hall–Kier alpha value is -4.57. The van der Waals surface area contributed by atoms with Crippen molar-refractivity contribution in [3.63, 3.8) is 0 Å². The maximum Gasteiger partial charge on any atom is 0.301 e. The first-order valence-electron chi connectivity index (χ1n) is 14.8. The maximum absolute atomic E-state index is 13.8. The van der Waals surface area contributed by atoms with Crippen LogP contribution in [0.3, 0.4) is 0 Å². The molecule has 2 heterocycles. The molecule has 1 saturated heterocycles. The number of methoxy groups -OCH3 is 1. The van der Waals surface area contributed by atoms with E-state index in [0.717, 1.165) is 24.0 Å². The van der Waals surface area contributed by atoms with Crippen LogP contribution < -0.4 is 23.8 Å². The van der Waals surface area contributed by atoms with Gasteiger partial charge in [0.2, 0.25) is 0 Å². The van der Waals surface area contributed by atoms with Crippen LogP contribution >= 0.6 is 11.3 Å². The summed E-state index contributed by atoms with van der Waals surface area (Å²) in [6, 6.07) is 16.5. The van der Waals surface area contributed by atoms with Gasteiger partial charge in [0.25, 0.3) is 5.78 Å². The maximum atomic E-state index is 13.8. The summed E-state index contributed by atoms with van der Waals surface area (Å²) >= 11 is 1.27. The van der Waals surface area contributed by atoms with Crippen LogP contribution in [0, 0.1) is 0 Å². The molecule has 4 aromatic rings.